The molecule has 0 atom stereocenters. The van der Waals surface area contributed by atoms with Crippen LogP contribution < -0.4 is 5.32 Å². The summed E-state index contributed by atoms with van der Waals surface area (Å²) >= 11 is 0. The molecule has 0 unspecified atom stereocenters. The van der Waals surface area contributed by atoms with Crippen molar-refractivity contribution in [3.05, 3.63) is 35.1 Å². The Balaban J connectivity index is 2.43. The third kappa shape index (κ3) is 4.92. The number of benzene rings is 1. The molecule has 0 aromatic heterocycles. The number of nitrogens with zero attached hydrogens (tertiary/aromatic N) is 2. The van der Waals surface area contributed by atoms with Gasteiger partial charge in [0.15, 0.2) is 0 Å². The van der Waals surface area contributed by atoms with Crippen molar-refractivity contribution in [2.75, 3.05) is 13.1 Å². The second-order valence-electron chi connectivity index (χ2n) is 5.52. The Kier molecular flexibility index (Phi) is 6.63. The molecule has 4 heteroatoms. The number of hydrogen-bond donors (Lipinski definition) is 1. The lowest BCUT2D eigenvalue weighted by Gasteiger charge is -2.30. The number of halogens is 1. The lowest BCUT2D eigenvalue weighted by Crippen LogP contribution is -2.41. The number of nitriles is 1. The summed E-state index contributed by atoms with van der Waals surface area (Å²) < 4.78 is 13.7. The summed E-state index contributed by atoms with van der Waals surface area (Å²) in [4.78, 5) is 2.39. The number of hydrogen-bond acceptors (Lipinski definition) is 3. The van der Waals surface area contributed by atoms with Crippen molar-refractivity contribution in [1.82, 2.24) is 10.2 Å². The smallest absolute Gasteiger partial charge is 0.129 e. The molecular formula is C16H24FN3. The molecule has 3 nitrogen and oxygen atoms in total. The van der Waals surface area contributed by atoms with E-state index in [0.29, 0.717) is 29.8 Å². The van der Waals surface area contributed by atoms with Crippen molar-refractivity contribution in [3.63, 3.8) is 0 Å². The largest absolute Gasteiger partial charge is 0.311 e. The molecule has 0 fully saturated rings. The minimum absolute atomic E-state index is 0.318. The molecule has 0 heterocycles. The normalized spacial score (nSPS) is 11.3. The standard InChI is InChI=1S/C16H24FN3/c1-12(2)20(13(3)4)8-7-19-11-15-6-5-14(10-18)9-16(15)17/h5-6,9,12-13,19H,7-8,11H2,1-4H3. The molecule has 0 aliphatic carbocycles. The van der Waals surface area contributed by atoms with E-state index in [1.807, 2.05) is 6.07 Å². The van der Waals surface area contributed by atoms with Gasteiger partial charge in [0.25, 0.3) is 0 Å². The van der Waals surface area contributed by atoms with Crippen LogP contribution in [0.4, 0.5) is 4.39 Å². The molecule has 1 N–H and O–H groups in total. The highest BCUT2D eigenvalue weighted by Gasteiger charge is 2.12. The summed E-state index contributed by atoms with van der Waals surface area (Å²) in [7, 11) is 0. The fraction of sp³-hybridized carbons (Fsp3) is 0.562. The Morgan fingerprint density at radius 2 is 1.90 bits per heavy atom. The van der Waals surface area contributed by atoms with Gasteiger partial charge in [0.2, 0.25) is 0 Å². The molecule has 0 radical (unpaired) electrons. The second kappa shape index (κ2) is 7.98. The van der Waals surface area contributed by atoms with E-state index in [1.54, 1.807) is 12.1 Å². The van der Waals surface area contributed by atoms with Crippen molar-refractivity contribution in [3.8, 4) is 6.07 Å². The lowest BCUT2D eigenvalue weighted by atomic mass is 10.1. The van der Waals surface area contributed by atoms with E-state index in [1.165, 1.54) is 6.07 Å². The van der Waals surface area contributed by atoms with Gasteiger partial charge in [-0.25, -0.2) is 4.39 Å². The third-order valence-corrected chi connectivity index (χ3v) is 3.37. The molecule has 110 valence electrons. The fourth-order valence-corrected chi connectivity index (χ4v) is 2.30. The van der Waals surface area contributed by atoms with Gasteiger partial charge in [-0.05, 0) is 39.8 Å². The molecule has 0 saturated heterocycles. The molecule has 1 aromatic rings. The quantitative estimate of drug-likeness (QED) is 0.779. The van der Waals surface area contributed by atoms with Crippen LogP contribution in [0, 0.1) is 17.1 Å². The van der Waals surface area contributed by atoms with Crippen LogP contribution in [-0.2, 0) is 6.54 Å². The van der Waals surface area contributed by atoms with Crippen LogP contribution in [0.25, 0.3) is 0 Å². The third-order valence-electron chi connectivity index (χ3n) is 3.37. The van der Waals surface area contributed by atoms with Crippen LogP contribution in [0.5, 0.6) is 0 Å². The van der Waals surface area contributed by atoms with E-state index in [-0.39, 0.29) is 5.82 Å². The first-order valence-electron chi connectivity index (χ1n) is 7.10. The van der Waals surface area contributed by atoms with Gasteiger partial charge in [0.1, 0.15) is 5.82 Å². The van der Waals surface area contributed by atoms with Crippen molar-refractivity contribution in [2.24, 2.45) is 0 Å². The Morgan fingerprint density at radius 1 is 1.25 bits per heavy atom. The Hall–Kier alpha value is -1.44. The predicted molar refractivity (Wildman–Crippen MR) is 79.8 cm³/mol. The zero-order valence-electron chi connectivity index (χ0n) is 12.8. The van der Waals surface area contributed by atoms with Gasteiger partial charge in [-0.15, -0.1) is 0 Å². The summed E-state index contributed by atoms with van der Waals surface area (Å²) in [6.07, 6.45) is 0. The van der Waals surface area contributed by atoms with E-state index < -0.39 is 0 Å². The van der Waals surface area contributed by atoms with Gasteiger partial charge < -0.3 is 5.32 Å². The number of nitrogens with one attached hydrogen (secondary N) is 1. The monoisotopic (exact) mass is 277 g/mol. The van der Waals surface area contributed by atoms with Crippen LogP contribution in [0.2, 0.25) is 0 Å². The SMILES string of the molecule is CC(C)N(CCNCc1ccc(C#N)cc1F)C(C)C. The van der Waals surface area contributed by atoms with Gasteiger partial charge >= 0.3 is 0 Å². The van der Waals surface area contributed by atoms with Gasteiger partial charge in [0.05, 0.1) is 11.6 Å². The molecule has 0 amide bonds. The predicted octanol–water partition coefficient (Wildman–Crippen LogP) is 2.91. The first-order valence-corrected chi connectivity index (χ1v) is 7.10. The topological polar surface area (TPSA) is 39.1 Å². The van der Waals surface area contributed by atoms with Crippen LogP contribution in [-0.4, -0.2) is 30.1 Å². The lowest BCUT2D eigenvalue weighted by molar-refractivity contribution is 0.175. The second-order valence-corrected chi connectivity index (χ2v) is 5.52. The zero-order valence-corrected chi connectivity index (χ0v) is 12.8. The van der Waals surface area contributed by atoms with Crippen molar-refractivity contribution >= 4 is 0 Å². The molecule has 1 aromatic carbocycles. The first kappa shape index (κ1) is 16.6. The van der Waals surface area contributed by atoms with Gasteiger partial charge in [0, 0.05) is 37.3 Å². The highest BCUT2D eigenvalue weighted by Crippen LogP contribution is 2.09. The average molecular weight is 277 g/mol. The first-order chi connectivity index (χ1) is 9.45. The highest BCUT2D eigenvalue weighted by molar-refractivity contribution is 5.32. The molecule has 1 rings (SSSR count). The number of rotatable bonds is 7. The van der Waals surface area contributed by atoms with Crippen LogP contribution in [0.15, 0.2) is 18.2 Å². The van der Waals surface area contributed by atoms with Gasteiger partial charge in [-0.2, -0.15) is 5.26 Å². The van der Waals surface area contributed by atoms with Crippen LogP contribution in [0.3, 0.4) is 0 Å². The van der Waals surface area contributed by atoms with Crippen molar-refractivity contribution in [1.29, 1.82) is 5.26 Å². The Labute approximate surface area is 121 Å². The van der Waals surface area contributed by atoms with E-state index in [4.69, 9.17) is 5.26 Å². The molecule has 0 aliphatic rings. The van der Waals surface area contributed by atoms with Crippen LogP contribution in [0.1, 0.15) is 38.8 Å². The summed E-state index contributed by atoms with van der Waals surface area (Å²) in [5.74, 6) is -0.318. The fourth-order valence-electron chi connectivity index (χ4n) is 2.30. The molecule has 20 heavy (non-hydrogen) atoms. The highest BCUT2D eigenvalue weighted by atomic mass is 19.1. The Bertz CT molecular complexity index is 455. The minimum atomic E-state index is -0.318. The maximum Gasteiger partial charge on any atom is 0.129 e. The molecule has 0 spiro atoms. The van der Waals surface area contributed by atoms with Crippen molar-refractivity contribution in [2.45, 2.75) is 46.3 Å². The van der Waals surface area contributed by atoms with E-state index in [2.05, 4.69) is 37.9 Å². The van der Waals surface area contributed by atoms with E-state index in [0.717, 1.165) is 13.1 Å². The average Bonchev–Trinajstić information content (AvgIpc) is 2.39. The molecule has 0 saturated carbocycles. The van der Waals surface area contributed by atoms with E-state index >= 15 is 0 Å². The Morgan fingerprint density at radius 3 is 2.40 bits per heavy atom. The van der Waals surface area contributed by atoms with Crippen molar-refractivity contribution < 1.29 is 4.39 Å². The summed E-state index contributed by atoms with van der Waals surface area (Å²) in [5.41, 5.74) is 0.960. The van der Waals surface area contributed by atoms with E-state index in [9.17, 15) is 4.39 Å². The van der Waals surface area contributed by atoms with Gasteiger partial charge in [-0.1, -0.05) is 6.07 Å². The van der Waals surface area contributed by atoms with Gasteiger partial charge in [-0.3, -0.25) is 4.90 Å². The summed E-state index contributed by atoms with van der Waals surface area (Å²) in [5, 5.41) is 11.9. The molecule has 0 aliphatic heterocycles. The van der Waals surface area contributed by atoms with Crippen LogP contribution >= 0.6 is 0 Å². The summed E-state index contributed by atoms with van der Waals surface area (Å²) in [6, 6.07) is 7.54. The zero-order chi connectivity index (χ0) is 15.1. The maximum absolute atomic E-state index is 13.7. The molecule has 0 bridgehead atoms. The molecular weight excluding hydrogens is 253 g/mol. The maximum atomic E-state index is 13.7. The summed E-state index contributed by atoms with van der Waals surface area (Å²) in [6.45, 7) is 11.0. The minimum Gasteiger partial charge on any atom is -0.311 e.